The van der Waals surface area contributed by atoms with Crippen molar-refractivity contribution in [2.45, 2.75) is 0 Å². The Hall–Kier alpha value is -3.37. The first kappa shape index (κ1) is 20.4. The van der Waals surface area contributed by atoms with Gasteiger partial charge in [0, 0.05) is 6.07 Å². The van der Waals surface area contributed by atoms with E-state index in [0.29, 0.717) is 12.1 Å². The lowest BCUT2D eigenvalue weighted by Gasteiger charge is -2.15. The molecule has 3 aromatic rings. The normalized spacial score (nSPS) is 11.2. The van der Waals surface area contributed by atoms with Crippen molar-refractivity contribution in [3.8, 4) is 33.8 Å². The maximum absolute atomic E-state index is 14.4. The molecule has 0 unspecified atom stereocenters. The topological polar surface area (TPSA) is 40.5 Å². The van der Waals surface area contributed by atoms with E-state index in [9.17, 15) is 49.7 Å². The third-order valence-corrected chi connectivity index (χ3v) is 3.91. The molecule has 2 nitrogen and oxygen atoms in total. The summed E-state index contributed by atoms with van der Waals surface area (Å²) in [6.45, 7) is 0. The van der Waals surface area contributed by atoms with Crippen LogP contribution in [0.3, 0.4) is 0 Å². The number of rotatable bonds is 2. The Bertz CT molecular complexity index is 1100. The highest BCUT2D eigenvalue weighted by atomic mass is 19.2. The Morgan fingerprint density at radius 2 is 0.655 bits per heavy atom. The molecule has 2 N–H and O–H groups in total. The van der Waals surface area contributed by atoms with Gasteiger partial charge in [0.2, 0.25) is 5.82 Å². The first-order valence-electron chi connectivity index (χ1n) is 7.38. The van der Waals surface area contributed by atoms with Gasteiger partial charge in [0.1, 0.15) is 11.5 Å². The monoisotopic (exact) mass is 424 g/mol. The highest BCUT2D eigenvalue weighted by Gasteiger charge is 2.34. The molecule has 0 bridgehead atoms. The highest BCUT2D eigenvalue weighted by Crippen LogP contribution is 2.41. The standard InChI is InChI=1S/C18H5F9O2/c19-10-7(4-1-5(28)3-6(29)2-4)11(20)13(22)8(12(10)21)9-14(23)16(25)18(27)17(26)15(9)24/h1-3,28-29H. The molecule has 0 spiro atoms. The van der Waals surface area contributed by atoms with Crippen molar-refractivity contribution in [3.63, 3.8) is 0 Å². The van der Waals surface area contributed by atoms with E-state index in [1.165, 1.54) is 0 Å². The van der Waals surface area contributed by atoms with Crippen LogP contribution in [0.15, 0.2) is 18.2 Å². The zero-order valence-corrected chi connectivity index (χ0v) is 13.5. The Morgan fingerprint density at radius 1 is 0.379 bits per heavy atom. The molecular weight excluding hydrogens is 419 g/mol. The van der Waals surface area contributed by atoms with Crippen molar-refractivity contribution in [1.29, 1.82) is 0 Å². The fraction of sp³-hybridized carbons (Fsp3) is 0. The summed E-state index contributed by atoms with van der Waals surface area (Å²) in [6, 6.07) is 1.91. The van der Waals surface area contributed by atoms with Crippen molar-refractivity contribution < 1.29 is 49.7 Å². The number of hydrogen-bond donors (Lipinski definition) is 2. The average Bonchev–Trinajstić information content (AvgIpc) is 2.65. The van der Waals surface area contributed by atoms with E-state index in [1.54, 1.807) is 0 Å². The number of aromatic hydroxyl groups is 2. The third-order valence-electron chi connectivity index (χ3n) is 3.91. The third kappa shape index (κ3) is 3.02. The van der Waals surface area contributed by atoms with Gasteiger partial charge in [-0.25, -0.2) is 39.5 Å². The molecule has 0 atom stereocenters. The molecular formula is C18H5F9O2. The molecule has 29 heavy (non-hydrogen) atoms. The van der Waals surface area contributed by atoms with Gasteiger partial charge in [-0.15, -0.1) is 0 Å². The summed E-state index contributed by atoms with van der Waals surface area (Å²) in [5, 5.41) is 18.7. The van der Waals surface area contributed by atoms with Gasteiger partial charge >= 0.3 is 0 Å². The summed E-state index contributed by atoms with van der Waals surface area (Å²) in [6.07, 6.45) is 0. The fourth-order valence-electron chi connectivity index (χ4n) is 2.67. The van der Waals surface area contributed by atoms with Crippen LogP contribution in [0.5, 0.6) is 11.5 Å². The summed E-state index contributed by atoms with van der Waals surface area (Å²) in [7, 11) is 0. The second-order valence-corrected chi connectivity index (χ2v) is 5.69. The molecule has 0 heterocycles. The number of hydrogen-bond acceptors (Lipinski definition) is 2. The van der Waals surface area contributed by atoms with E-state index in [-0.39, 0.29) is 0 Å². The van der Waals surface area contributed by atoms with E-state index in [4.69, 9.17) is 0 Å². The number of phenolic OH excluding ortho intramolecular Hbond substituents is 2. The Morgan fingerprint density at radius 3 is 1.03 bits per heavy atom. The molecule has 0 fully saturated rings. The molecule has 0 saturated heterocycles. The molecule has 3 rings (SSSR count). The molecule has 0 saturated carbocycles. The van der Waals surface area contributed by atoms with E-state index in [1.807, 2.05) is 0 Å². The van der Waals surface area contributed by atoms with Crippen LogP contribution < -0.4 is 0 Å². The van der Waals surface area contributed by atoms with Crippen LogP contribution in [0.2, 0.25) is 0 Å². The molecule has 0 amide bonds. The summed E-state index contributed by atoms with van der Waals surface area (Å²) >= 11 is 0. The Kier molecular flexibility index (Phi) is 4.85. The fourth-order valence-corrected chi connectivity index (χ4v) is 2.67. The maximum atomic E-state index is 14.4. The molecule has 152 valence electrons. The summed E-state index contributed by atoms with van der Waals surface area (Å²) in [4.78, 5) is 0. The Balaban J connectivity index is 2.42. The lowest BCUT2D eigenvalue weighted by atomic mass is 9.96. The molecule has 0 aliphatic carbocycles. The van der Waals surface area contributed by atoms with Crippen LogP contribution in [-0.2, 0) is 0 Å². The molecule has 0 aliphatic rings. The first-order valence-corrected chi connectivity index (χ1v) is 7.38. The van der Waals surface area contributed by atoms with Gasteiger partial charge in [0.25, 0.3) is 0 Å². The number of benzene rings is 3. The van der Waals surface area contributed by atoms with Gasteiger partial charge in [0.15, 0.2) is 46.5 Å². The highest BCUT2D eigenvalue weighted by molar-refractivity contribution is 5.75. The average molecular weight is 424 g/mol. The van der Waals surface area contributed by atoms with Crippen molar-refractivity contribution in [2.75, 3.05) is 0 Å². The predicted molar refractivity (Wildman–Crippen MR) is 80.3 cm³/mol. The molecule has 3 aromatic carbocycles. The van der Waals surface area contributed by atoms with E-state index < -0.39 is 86.1 Å². The largest absolute Gasteiger partial charge is 0.508 e. The van der Waals surface area contributed by atoms with Gasteiger partial charge in [-0.2, -0.15) is 0 Å². The van der Waals surface area contributed by atoms with E-state index in [2.05, 4.69) is 0 Å². The zero-order valence-electron chi connectivity index (χ0n) is 13.5. The minimum Gasteiger partial charge on any atom is -0.508 e. The van der Waals surface area contributed by atoms with Crippen molar-refractivity contribution in [1.82, 2.24) is 0 Å². The van der Waals surface area contributed by atoms with Crippen LogP contribution in [0.25, 0.3) is 22.3 Å². The van der Waals surface area contributed by atoms with Gasteiger partial charge < -0.3 is 10.2 Å². The van der Waals surface area contributed by atoms with Crippen molar-refractivity contribution >= 4 is 0 Å². The van der Waals surface area contributed by atoms with Crippen LogP contribution in [-0.4, -0.2) is 10.2 Å². The maximum Gasteiger partial charge on any atom is 0.200 e. The number of phenols is 2. The van der Waals surface area contributed by atoms with Gasteiger partial charge in [-0.05, 0) is 17.7 Å². The minimum absolute atomic E-state index is 0.595. The second-order valence-electron chi connectivity index (χ2n) is 5.69. The van der Waals surface area contributed by atoms with Gasteiger partial charge in [-0.1, -0.05) is 0 Å². The van der Waals surface area contributed by atoms with Gasteiger partial charge in [-0.3, -0.25) is 0 Å². The summed E-state index contributed by atoms with van der Waals surface area (Å²) < 4.78 is 125. The Labute approximate surface area is 155 Å². The van der Waals surface area contributed by atoms with Crippen LogP contribution in [0.4, 0.5) is 39.5 Å². The van der Waals surface area contributed by atoms with Gasteiger partial charge in [0.05, 0.1) is 16.7 Å². The second kappa shape index (κ2) is 6.90. The SMILES string of the molecule is Oc1cc(O)cc(-c2c(F)c(F)c(-c3c(F)c(F)c(F)c(F)c3F)c(F)c2F)c1. The van der Waals surface area contributed by atoms with Crippen molar-refractivity contribution in [2.24, 2.45) is 0 Å². The molecule has 0 aliphatic heterocycles. The van der Waals surface area contributed by atoms with E-state index >= 15 is 0 Å². The molecule has 11 heteroatoms. The lowest BCUT2D eigenvalue weighted by molar-refractivity contribution is 0.379. The lowest BCUT2D eigenvalue weighted by Crippen LogP contribution is -2.09. The minimum atomic E-state index is -2.67. The smallest absolute Gasteiger partial charge is 0.200 e. The molecule has 0 radical (unpaired) electrons. The quantitative estimate of drug-likeness (QED) is 0.316. The predicted octanol–water partition coefficient (Wildman–Crippen LogP) is 5.68. The summed E-state index contributed by atoms with van der Waals surface area (Å²) in [5.41, 5.74) is -6.65. The summed E-state index contributed by atoms with van der Waals surface area (Å²) in [5.74, 6) is -24.2. The number of halogens is 9. The van der Waals surface area contributed by atoms with Crippen LogP contribution >= 0.6 is 0 Å². The first-order chi connectivity index (χ1) is 13.5. The van der Waals surface area contributed by atoms with Crippen molar-refractivity contribution in [3.05, 3.63) is 70.6 Å². The van der Waals surface area contributed by atoms with Crippen LogP contribution in [0, 0.1) is 52.4 Å². The van der Waals surface area contributed by atoms with Crippen LogP contribution in [0.1, 0.15) is 0 Å². The van der Waals surface area contributed by atoms with E-state index in [0.717, 1.165) is 6.07 Å². The zero-order chi connectivity index (χ0) is 21.8. The molecule has 0 aromatic heterocycles.